The highest BCUT2D eigenvalue weighted by Crippen LogP contribution is 2.15. The molecular formula is C13H16N2O. The van der Waals surface area contributed by atoms with Crippen molar-refractivity contribution in [3.63, 3.8) is 0 Å². The van der Waals surface area contributed by atoms with Crippen molar-refractivity contribution in [2.24, 2.45) is 0 Å². The quantitative estimate of drug-likeness (QED) is 0.726. The molecule has 0 radical (unpaired) electrons. The third-order valence-electron chi connectivity index (χ3n) is 2.90. The van der Waals surface area contributed by atoms with Crippen molar-refractivity contribution in [1.29, 1.82) is 5.26 Å². The summed E-state index contributed by atoms with van der Waals surface area (Å²) in [7, 11) is 0. The highest BCUT2D eigenvalue weighted by Gasteiger charge is 2.14. The minimum atomic E-state index is -0.187. The Hall–Kier alpha value is -1.82. The topological polar surface area (TPSA) is 45.8 Å². The van der Waals surface area contributed by atoms with Crippen molar-refractivity contribution in [2.75, 3.05) is 0 Å². The Labute approximate surface area is 95.6 Å². The van der Waals surface area contributed by atoms with E-state index in [1.807, 2.05) is 26.8 Å². The van der Waals surface area contributed by atoms with Gasteiger partial charge >= 0.3 is 0 Å². The second kappa shape index (κ2) is 4.80. The predicted molar refractivity (Wildman–Crippen MR) is 64.5 cm³/mol. The molecule has 3 heteroatoms. The molecule has 0 aliphatic carbocycles. The first kappa shape index (κ1) is 12.3. The summed E-state index contributed by atoms with van der Waals surface area (Å²) in [5, 5.41) is 9.01. The fourth-order valence-electron chi connectivity index (χ4n) is 1.99. The molecule has 0 aliphatic heterocycles. The minimum Gasteiger partial charge on any atom is -0.312 e. The van der Waals surface area contributed by atoms with Crippen molar-refractivity contribution in [3.05, 3.63) is 45.4 Å². The molecule has 0 saturated heterocycles. The first-order chi connectivity index (χ1) is 7.58. The van der Waals surface area contributed by atoms with E-state index < -0.39 is 0 Å². The number of aromatic nitrogens is 1. The fraction of sp³-hybridized carbons (Fsp3) is 0.385. The highest BCUT2D eigenvalue weighted by molar-refractivity contribution is 5.43. The monoisotopic (exact) mass is 216 g/mol. The third kappa shape index (κ3) is 1.79. The van der Waals surface area contributed by atoms with Crippen LogP contribution in [0.15, 0.2) is 17.4 Å². The normalized spacial score (nSPS) is 9.88. The first-order valence-electron chi connectivity index (χ1n) is 5.32. The zero-order valence-electron chi connectivity index (χ0n) is 10.0. The maximum absolute atomic E-state index is 11.9. The van der Waals surface area contributed by atoms with E-state index in [4.69, 9.17) is 5.26 Å². The Morgan fingerprint density at radius 2 is 2.12 bits per heavy atom. The Kier molecular flexibility index (Phi) is 3.68. The average molecular weight is 216 g/mol. The number of pyridine rings is 1. The summed E-state index contributed by atoms with van der Waals surface area (Å²) >= 11 is 0. The molecule has 84 valence electrons. The van der Waals surface area contributed by atoms with Crippen molar-refractivity contribution in [3.8, 4) is 6.07 Å². The van der Waals surface area contributed by atoms with Crippen molar-refractivity contribution in [1.82, 2.24) is 4.57 Å². The second-order valence-corrected chi connectivity index (χ2v) is 3.72. The van der Waals surface area contributed by atoms with Crippen molar-refractivity contribution >= 4 is 0 Å². The van der Waals surface area contributed by atoms with Crippen LogP contribution in [-0.2, 0) is 13.0 Å². The van der Waals surface area contributed by atoms with Crippen LogP contribution < -0.4 is 5.56 Å². The van der Waals surface area contributed by atoms with Crippen LogP contribution in [0.5, 0.6) is 0 Å². The van der Waals surface area contributed by atoms with E-state index in [0.29, 0.717) is 13.0 Å². The first-order valence-corrected chi connectivity index (χ1v) is 5.32. The van der Waals surface area contributed by atoms with Crippen LogP contribution in [0.1, 0.15) is 29.3 Å². The summed E-state index contributed by atoms with van der Waals surface area (Å²) in [4.78, 5) is 11.9. The number of rotatable bonds is 3. The van der Waals surface area contributed by atoms with Gasteiger partial charge in [-0.05, 0) is 38.3 Å². The maximum Gasteiger partial charge on any atom is 0.268 e. The molecule has 0 saturated carbocycles. The highest BCUT2D eigenvalue weighted by atomic mass is 16.1. The summed E-state index contributed by atoms with van der Waals surface area (Å²) < 4.78 is 1.64. The molecule has 1 aromatic rings. The number of nitrogens with zero attached hydrogens (tertiary/aromatic N) is 2. The summed E-state index contributed by atoms with van der Waals surface area (Å²) in [6.45, 7) is 9.93. The zero-order chi connectivity index (χ0) is 12.3. The number of hydrogen-bond donors (Lipinski definition) is 0. The van der Waals surface area contributed by atoms with Crippen LogP contribution in [0.4, 0.5) is 0 Å². The van der Waals surface area contributed by atoms with Gasteiger partial charge in [-0.3, -0.25) is 4.79 Å². The molecule has 0 aliphatic rings. The molecular weight excluding hydrogens is 200 g/mol. The molecule has 0 atom stereocenters. The van der Waals surface area contributed by atoms with Gasteiger partial charge in [-0.1, -0.05) is 6.08 Å². The SMILES string of the molecule is C=CCc1c(C)c(C#N)c(=O)n(CC)c1C. The summed E-state index contributed by atoms with van der Waals surface area (Å²) in [6, 6.07) is 2.00. The minimum absolute atomic E-state index is 0.187. The molecule has 0 fully saturated rings. The molecule has 3 nitrogen and oxygen atoms in total. The van der Waals surface area contributed by atoms with Crippen LogP contribution in [0.25, 0.3) is 0 Å². The second-order valence-electron chi connectivity index (χ2n) is 3.72. The van der Waals surface area contributed by atoms with Gasteiger partial charge in [-0.15, -0.1) is 6.58 Å². The van der Waals surface area contributed by atoms with Crippen molar-refractivity contribution in [2.45, 2.75) is 33.7 Å². The Bertz CT molecular complexity index is 518. The molecule has 16 heavy (non-hydrogen) atoms. The number of nitriles is 1. The Morgan fingerprint density at radius 3 is 2.56 bits per heavy atom. The van der Waals surface area contributed by atoms with E-state index in [1.54, 1.807) is 10.6 Å². The molecule has 0 bridgehead atoms. The zero-order valence-corrected chi connectivity index (χ0v) is 10.0. The van der Waals surface area contributed by atoms with Crippen LogP contribution in [0, 0.1) is 25.2 Å². The smallest absolute Gasteiger partial charge is 0.268 e. The molecule has 0 amide bonds. The number of allylic oxidation sites excluding steroid dienone is 1. The fourth-order valence-corrected chi connectivity index (χ4v) is 1.99. The third-order valence-corrected chi connectivity index (χ3v) is 2.90. The van der Waals surface area contributed by atoms with Gasteiger partial charge < -0.3 is 4.57 Å². The Morgan fingerprint density at radius 1 is 1.50 bits per heavy atom. The largest absolute Gasteiger partial charge is 0.312 e. The molecule has 0 spiro atoms. The summed E-state index contributed by atoms with van der Waals surface area (Å²) in [5.41, 5.74) is 2.82. The van der Waals surface area contributed by atoms with Gasteiger partial charge in [0.15, 0.2) is 0 Å². The molecule has 0 unspecified atom stereocenters. The van der Waals surface area contributed by atoms with E-state index in [9.17, 15) is 4.79 Å². The lowest BCUT2D eigenvalue weighted by atomic mass is 10.00. The van der Waals surface area contributed by atoms with Gasteiger partial charge in [-0.25, -0.2) is 0 Å². The van der Waals surface area contributed by atoms with Crippen LogP contribution >= 0.6 is 0 Å². The molecule has 1 aromatic heterocycles. The summed E-state index contributed by atoms with van der Waals surface area (Å²) in [5.74, 6) is 0. The van der Waals surface area contributed by atoms with Crippen LogP contribution in [-0.4, -0.2) is 4.57 Å². The van der Waals surface area contributed by atoms with E-state index in [0.717, 1.165) is 16.8 Å². The van der Waals surface area contributed by atoms with Gasteiger partial charge in [0.05, 0.1) is 0 Å². The molecule has 1 heterocycles. The molecule has 0 N–H and O–H groups in total. The Balaban J connectivity index is 3.71. The van der Waals surface area contributed by atoms with Crippen LogP contribution in [0.2, 0.25) is 0 Å². The van der Waals surface area contributed by atoms with Crippen molar-refractivity contribution < 1.29 is 0 Å². The summed E-state index contributed by atoms with van der Waals surface area (Å²) in [6.07, 6.45) is 2.48. The lowest BCUT2D eigenvalue weighted by Gasteiger charge is -2.15. The van der Waals surface area contributed by atoms with Gasteiger partial charge in [0.2, 0.25) is 0 Å². The average Bonchev–Trinajstić information content (AvgIpc) is 2.26. The van der Waals surface area contributed by atoms with E-state index in [1.165, 1.54) is 0 Å². The predicted octanol–water partition coefficient (Wildman–Crippen LogP) is 2.09. The molecule has 0 aromatic carbocycles. The van der Waals surface area contributed by atoms with Gasteiger partial charge in [0, 0.05) is 12.2 Å². The van der Waals surface area contributed by atoms with Gasteiger partial charge in [-0.2, -0.15) is 5.26 Å². The van der Waals surface area contributed by atoms with Crippen LogP contribution in [0.3, 0.4) is 0 Å². The number of hydrogen-bond acceptors (Lipinski definition) is 2. The molecule has 1 rings (SSSR count). The lowest BCUT2D eigenvalue weighted by Crippen LogP contribution is -2.27. The van der Waals surface area contributed by atoms with E-state index in [2.05, 4.69) is 6.58 Å². The van der Waals surface area contributed by atoms with Gasteiger partial charge in [0.25, 0.3) is 5.56 Å². The van der Waals surface area contributed by atoms with E-state index >= 15 is 0 Å². The lowest BCUT2D eigenvalue weighted by molar-refractivity contribution is 0.687. The maximum atomic E-state index is 11.9. The van der Waals surface area contributed by atoms with Gasteiger partial charge in [0.1, 0.15) is 11.6 Å². The van der Waals surface area contributed by atoms with E-state index in [-0.39, 0.29) is 11.1 Å². The standard InChI is InChI=1S/C13H16N2O/c1-5-7-11-9(3)12(8-14)13(16)15(6-2)10(11)4/h5H,1,6-7H2,2-4H3.